The predicted octanol–water partition coefficient (Wildman–Crippen LogP) is 5.64. The first-order valence-electron chi connectivity index (χ1n) is 10.2. The molecular weight excluding hydrogens is 524 g/mol. The first kappa shape index (κ1) is 22.3. The van der Waals surface area contributed by atoms with Crippen LogP contribution in [-0.2, 0) is 6.61 Å². The Morgan fingerprint density at radius 3 is 2.59 bits per heavy atom. The third kappa shape index (κ3) is 3.87. The lowest BCUT2D eigenvalue weighted by Crippen LogP contribution is -2.21. The maximum atomic E-state index is 9.91. The largest absolute Gasteiger partial charge is 0.493 e. The quantitative estimate of drug-likeness (QED) is 0.447. The number of allylic oxidation sites excluding steroid dienone is 1. The minimum Gasteiger partial charge on any atom is -0.493 e. The van der Waals surface area contributed by atoms with Crippen LogP contribution in [0.4, 0.5) is 0 Å². The number of nitrogens with two attached hydrogens (primary N) is 1. The lowest BCUT2D eigenvalue weighted by atomic mass is 9.83. The van der Waals surface area contributed by atoms with Crippen molar-refractivity contribution >= 4 is 27.5 Å². The van der Waals surface area contributed by atoms with E-state index in [1.807, 2.05) is 36.4 Å². The van der Waals surface area contributed by atoms with E-state index in [9.17, 15) is 5.26 Å². The topological polar surface area (TPSA) is 96.0 Å². The van der Waals surface area contributed by atoms with Gasteiger partial charge in [0.2, 0.25) is 12.7 Å². The third-order valence-electron chi connectivity index (χ3n) is 5.65. The normalized spacial score (nSPS) is 15.9. The van der Waals surface area contributed by atoms with Crippen LogP contribution in [0.15, 0.2) is 64.5 Å². The molecule has 2 heterocycles. The van der Waals surface area contributed by atoms with Crippen molar-refractivity contribution in [2.24, 2.45) is 5.73 Å². The lowest BCUT2D eigenvalue weighted by molar-refractivity contribution is 0.174. The minimum absolute atomic E-state index is 0.0313. The molecule has 172 valence electrons. The molecule has 0 unspecified atom stereocenters. The summed E-state index contributed by atoms with van der Waals surface area (Å²) in [6.45, 7) is 0.383. The molecule has 3 aromatic rings. The van der Waals surface area contributed by atoms with Crippen molar-refractivity contribution < 1.29 is 23.7 Å². The Labute approximate surface area is 209 Å². The monoisotopic (exact) mass is 540 g/mol. The maximum Gasteiger partial charge on any atom is 0.231 e. The van der Waals surface area contributed by atoms with Gasteiger partial charge < -0.3 is 29.4 Å². The summed E-state index contributed by atoms with van der Waals surface area (Å²) in [4.78, 5) is 0. The molecule has 2 N–H and O–H groups in total. The van der Waals surface area contributed by atoms with Crippen LogP contribution in [0.2, 0.25) is 5.02 Å². The van der Waals surface area contributed by atoms with Gasteiger partial charge in [-0.1, -0.05) is 45.7 Å². The highest BCUT2D eigenvalue weighted by atomic mass is 79.9. The van der Waals surface area contributed by atoms with Crippen LogP contribution in [0.3, 0.4) is 0 Å². The molecule has 0 fully saturated rings. The standard InChI is InChI=1S/C25H18BrClN2O5/c1-30-20-6-14(17(26)8-22(20)31-11-13-4-2-3-5-18(13)27)24-15-7-21-23(33-12-32-21)9-19(15)34-25(29)16(24)10-28/h2-9,24H,11-12,29H2,1H3/t24-/m0/s1. The van der Waals surface area contributed by atoms with Gasteiger partial charge in [-0.15, -0.1) is 0 Å². The van der Waals surface area contributed by atoms with Gasteiger partial charge in [0.05, 0.1) is 13.0 Å². The highest BCUT2D eigenvalue weighted by molar-refractivity contribution is 9.10. The van der Waals surface area contributed by atoms with Crippen LogP contribution in [-0.4, -0.2) is 13.9 Å². The fraction of sp³-hybridized carbons (Fsp3) is 0.160. The zero-order valence-corrected chi connectivity index (χ0v) is 20.3. The van der Waals surface area contributed by atoms with Gasteiger partial charge in [-0.3, -0.25) is 0 Å². The molecule has 0 spiro atoms. The van der Waals surface area contributed by atoms with E-state index in [1.54, 1.807) is 19.2 Å². The summed E-state index contributed by atoms with van der Waals surface area (Å²) < 4.78 is 29.1. The maximum absolute atomic E-state index is 9.91. The van der Waals surface area contributed by atoms with E-state index < -0.39 is 5.92 Å². The molecule has 5 rings (SSSR count). The molecule has 1 atom stereocenters. The van der Waals surface area contributed by atoms with Gasteiger partial charge in [-0.2, -0.15) is 5.26 Å². The molecule has 0 radical (unpaired) electrons. The lowest BCUT2D eigenvalue weighted by Gasteiger charge is -2.28. The molecule has 2 aliphatic rings. The number of hydrogen-bond donors (Lipinski definition) is 1. The third-order valence-corrected chi connectivity index (χ3v) is 6.70. The molecule has 0 saturated heterocycles. The van der Waals surface area contributed by atoms with E-state index in [2.05, 4.69) is 22.0 Å². The van der Waals surface area contributed by atoms with Crippen molar-refractivity contribution in [3.05, 3.63) is 86.2 Å². The predicted molar refractivity (Wildman–Crippen MR) is 128 cm³/mol. The summed E-state index contributed by atoms with van der Waals surface area (Å²) in [5.74, 6) is 2.16. The summed E-state index contributed by atoms with van der Waals surface area (Å²) >= 11 is 9.90. The number of fused-ring (bicyclic) bond motifs is 2. The average molecular weight is 542 g/mol. The summed E-state index contributed by atoms with van der Waals surface area (Å²) in [7, 11) is 1.56. The number of rotatable bonds is 5. The zero-order valence-electron chi connectivity index (χ0n) is 17.9. The van der Waals surface area contributed by atoms with E-state index in [0.29, 0.717) is 38.2 Å². The van der Waals surface area contributed by atoms with Gasteiger partial charge in [0, 0.05) is 26.7 Å². The Bertz CT molecular complexity index is 1370. The Kier molecular flexibility index (Phi) is 5.90. The molecule has 0 bridgehead atoms. The number of nitriles is 1. The van der Waals surface area contributed by atoms with E-state index in [-0.39, 0.29) is 24.9 Å². The van der Waals surface area contributed by atoms with E-state index in [4.69, 9.17) is 41.0 Å². The molecule has 0 aliphatic carbocycles. The molecule has 3 aromatic carbocycles. The summed E-state index contributed by atoms with van der Waals surface area (Å²) in [5, 5.41) is 10.5. The number of halogens is 2. The van der Waals surface area contributed by atoms with Gasteiger partial charge in [0.15, 0.2) is 23.0 Å². The van der Waals surface area contributed by atoms with Crippen LogP contribution in [0.5, 0.6) is 28.7 Å². The Morgan fingerprint density at radius 1 is 1.09 bits per heavy atom. The van der Waals surface area contributed by atoms with Crippen LogP contribution in [0.1, 0.15) is 22.6 Å². The Morgan fingerprint density at radius 2 is 1.85 bits per heavy atom. The summed E-state index contributed by atoms with van der Waals surface area (Å²) in [5.41, 5.74) is 8.74. The van der Waals surface area contributed by atoms with E-state index >= 15 is 0 Å². The van der Waals surface area contributed by atoms with Crippen LogP contribution in [0, 0.1) is 11.3 Å². The van der Waals surface area contributed by atoms with E-state index in [0.717, 1.165) is 16.7 Å². The first-order chi connectivity index (χ1) is 16.5. The highest BCUT2D eigenvalue weighted by Crippen LogP contribution is 2.50. The molecule has 7 nitrogen and oxygen atoms in total. The molecule has 34 heavy (non-hydrogen) atoms. The first-order valence-corrected chi connectivity index (χ1v) is 11.4. The Balaban J connectivity index is 1.57. The van der Waals surface area contributed by atoms with Gasteiger partial charge in [-0.05, 0) is 29.8 Å². The van der Waals surface area contributed by atoms with Gasteiger partial charge in [-0.25, -0.2) is 0 Å². The van der Waals surface area contributed by atoms with Crippen molar-refractivity contribution in [3.8, 4) is 34.8 Å². The molecular formula is C25H18BrClN2O5. The minimum atomic E-state index is -0.524. The van der Waals surface area contributed by atoms with Crippen molar-refractivity contribution in [2.75, 3.05) is 13.9 Å². The number of methoxy groups -OCH3 is 1. The fourth-order valence-electron chi connectivity index (χ4n) is 3.98. The number of benzene rings is 3. The highest BCUT2D eigenvalue weighted by Gasteiger charge is 2.35. The Hall–Kier alpha value is -3.54. The number of nitrogens with zero attached hydrogens (tertiary/aromatic N) is 1. The van der Waals surface area contributed by atoms with Crippen LogP contribution in [0.25, 0.3) is 0 Å². The summed E-state index contributed by atoms with van der Waals surface area (Å²) in [6, 6.07) is 16.8. The van der Waals surface area contributed by atoms with Crippen molar-refractivity contribution in [1.82, 2.24) is 0 Å². The molecule has 0 amide bonds. The average Bonchev–Trinajstić information content (AvgIpc) is 3.29. The summed E-state index contributed by atoms with van der Waals surface area (Å²) in [6.07, 6.45) is 0. The van der Waals surface area contributed by atoms with Crippen LogP contribution >= 0.6 is 27.5 Å². The molecule has 0 saturated carbocycles. The fourth-order valence-corrected chi connectivity index (χ4v) is 4.72. The van der Waals surface area contributed by atoms with Crippen LogP contribution < -0.4 is 29.4 Å². The number of ether oxygens (including phenoxy) is 5. The van der Waals surface area contributed by atoms with Crippen molar-refractivity contribution in [3.63, 3.8) is 0 Å². The van der Waals surface area contributed by atoms with Gasteiger partial charge in [0.1, 0.15) is 24.0 Å². The zero-order chi connectivity index (χ0) is 23.8. The van der Waals surface area contributed by atoms with Crippen molar-refractivity contribution in [2.45, 2.75) is 12.5 Å². The van der Waals surface area contributed by atoms with Gasteiger partial charge in [0.25, 0.3) is 0 Å². The van der Waals surface area contributed by atoms with E-state index in [1.165, 1.54) is 0 Å². The second kappa shape index (κ2) is 9.01. The molecule has 9 heteroatoms. The SMILES string of the molecule is COc1cc([C@@H]2C(C#N)=C(N)Oc3cc4c(cc32)OCO4)c(Br)cc1OCc1ccccc1Cl. The second-order valence-corrected chi connectivity index (χ2v) is 8.83. The smallest absolute Gasteiger partial charge is 0.231 e. The second-order valence-electron chi connectivity index (χ2n) is 7.57. The molecule has 2 aliphatic heterocycles. The van der Waals surface area contributed by atoms with Gasteiger partial charge >= 0.3 is 0 Å². The molecule has 0 aromatic heterocycles. The number of hydrogen-bond acceptors (Lipinski definition) is 7. The van der Waals surface area contributed by atoms with Crippen molar-refractivity contribution in [1.29, 1.82) is 5.26 Å².